The number of hydrogen-bond acceptors (Lipinski definition) is 3. The van der Waals surface area contributed by atoms with Gasteiger partial charge in [0, 0.05) is 5.71 Å². The van der Waals surface area contributed by atoms with Crippen molar-refractivity contribution in [2.24, 2.45) is 4.99 Å². The monoisotopic (exact) mass is 168 g/mol. The van der Waals surface area contributed by atoms with Gasteiger partial charge in [-0.25, -0.2) is 0 Å². The highest BCUT2D eigenvalue weighted by Gasteiger charge is 2.39. The minimum atomic E-state index is -0.277. The summed E-state index contributed by atoms with van der Waals surface area (Å²) in [5.41, 5.74) is 0.840. The molecule has 1 saturated heterocycles. The van der Waals surface area contributed by atoms with Crippen molar-refractivity contribution < 1.29 is 4.74 Å². The molecule has 0 aromatic rings. The minimum absolute atomic E-state index is 0.277. The summed E-state index contributed by atoms with van der Waals surface area (Å²) >= 11 is 0. The average molecular weight is 168 g/mol. The van der Waals surface area contributed by atoms with E-state index in [1.807, 2.05) is 6.92 Å². The molecule has 0 radical (unpaired) electrons. The fourth-order valence-corrected chi connectivity index (χ4v) is 2.01. The van der Waals surface area contributed by atoms with Gasteiger partial charge in [0.1, 0.15) is 0 Å². The lowest BCUT2D eigenvalue weighted by Crippen LogP contribution is -2.44. The zero-order valence-corrected chi connectivity index (χ0v) is 7.76. The summed E-state index contributed by atoms with van der Waals surface area (Å²) in [6.07, 6.45) is 2.44. The van der Waals surface area contributed by atoms with Crippen LogP contribution in [-0.4, -0.2) is 30.6 Å². The van der Waals surface area contributed by atoms with Crippen LogP contribution in [0.3, 0.4) is 0 Å². The maximum absolute atomic E-state index is 5.67. The quantitative estimate of drug-likeness (QED) is 0.632. The van der Waals surface area contributed by atoms with Crippen LogP contribution >= 0.6 is 0 Å². The Hall–Kier alpha value is -0.410. The van der Waals surface area contributed by atoms with Gasteiger partial charge in [-0.3, -0.25) is 4.99 Å². The highest BCUT2D eigenvalue weighted by atomic mass is 16.5. The van der Waals surface area contributed by atoms with Crippen molar-refractivity contribution in [2.75, 3.05) is 13.2 Å². The molecular formula is C9H16N2O. The molecule has 2 heterocycles. The summed E-state index contributed by atoms with van der Waals surface area (Å²) in [7, 11) is 0. The molecule has 0 bridgehead atoms. The van der Waals surface area contributed by atoms with Gasteiger partial charge in [0.2, 0.25) is 0 Å². The fourth-order valence-electron chi connectivity index (χ4n) is 2.01. The molecule has 68 valence electrons. The summed E-state index contributed by atoms with van der Waals surface area (Å²) < 4.78 is 5.67. The Morgan fingerprint density at radius 3 is 3.00 bits per heavy atom. The van der Waals surface area contributed by atoms with E-state index >= 15 is 0 Å². The Balaban J connectivity index is 2.10. The van der Waals surface area contributed by atoms with E-state index in [1.54, 1.807) is 0 Å². The molecule has 2 aliphatic heterocycles. The molecule has 1 fully saturated rings. The Labute approximate surface area is 73.2 Å². The number of nitrogens with one attached hydrogen (secondary N) is 1. The average Bonchev–Trinajstić information content (AvgIpc) is 2.59. The summed E-state index contributed by atoms with van der Waals surface area (Å²) in [6, 6.07) is 0.426. The SMILES string of the molecule is CC1=NC(C)(C2CCCN2)OC1. The van der Waals surface area contributed by atoms with Crippen molar-refractivity contribution in [3.63, 3.8) is 0 Å². The van der Waals surface area contributed by atoms with Crippen LogP contribution in [0.5, 0.6) is 0 Å². The molecule has 2 unspecified atom stereocenters. The third-order valence-electron chi connectivity index (χ3n) is 2.69. The second kappa shape index (κ2) is 2.82. The Kier molecular flexibility index (Phi) is 1.93. The first-order valence-corrected chi connectivity index (χ1v) is 4.63. The Morgan fingerprint density at radius 2 is 2.50 bits per heavy atom. The van der Waals surface area contributed by atoms with E-state index in [1.165, 1.54) is 12.8 Å². The van der Waals surface area contributed by atoms with Crippen molar-refractivity contribution in [1.82, 2.24) is 5.32 Å². The van der Waals surface area contributed by atoms with Crippen molar-refractivity contribution in [3.8, 4) is 0 Å². The van der Waals surface area contributed by atoms with Crippen LogP contribution in [0.1, 0.15) is 26.7 Å². The molecule has 12 heavy (non-hydrogen) atoms. The van der Waals surface area contributed by atoms with E-state index in [0.717, 1.165) is 12.3 Å². The second-order valence-corrected chi connectivity index (χ2v) is 3.84. The Bertz CT molecular complexity index is 209. The van der Waals surface area contributed by atoms with Crippen LogP contribution in [0, 0.1) is 0 Å². The van der Waals surface area contributed by atoms with E-state index < -0.39 is 0 Å². The van der Waals surface area contributed by atoms with Gasteiger partial charge >= 0.3 is 0 Å². The fraction of sp³-hybridized carbons (Fsp3) is 0.889. The number of aliphatic imine (C=N–C) groups is 1. The van der Waals surface area contributed by atoms with Crippen LogP contribution in [0.25, 0.3) is 0 Å². The van der Waals surface area contributed by atoms with Crippen LogP contribution < -0.4 is 5.32 Å². The minimum Gasteiger partial charge on any atom is -0.347 e. The van der Waals surface area contributed by atoms with Crippen molar-refractivity contribution >= 4 is 5.71 Å². The lowest BCUT2D eigenvalue weighted by Gasteiger charge is -2.27. The number of hydrogen-bond donors (Lipinski definition) is 1. The van der Waals surface area contributed by atoms with Crippen molar-refractivity contribution in [3.05, 3.63) is 0 Å². The third kappa shape index (κ3) is 1.27. The molecule has 2 rings (SSSR count). The molecule has 2 aliphatic rings. The molecule has 0 aliphatic carbocycles. The summed E-state index contributed by atoms with van der Waals surface area (Å²) in [5, 5.41) is 3.43. The zero-order valence-electron chi connectivity index (χ0n) is 7.76. The van der Waals surface area contributed by atoms with E-state index in [4.69, 9.17) is 4.74 Å². The van der Waals surface area contributed by atoms with E-state index in [-0.39, 0.29) is 5.72 Å². The highest BCUT2D eigenvalue weighted by Crippen LogP contribution is 2.27. The van der Waals surface area contributed by atoms with Gasteiger partial charge in [0.05, 0.1) is 12.6 Å². The van der Waals surface area contributed by atoms with Crippen LogP contribution in [-0.2, 0) is 4.74 Å². The van der Waals surface area contributed by atoms with Gasteiger partial charge in [-0.15, -0.1) is 0 Å². The van der Waals surface area contributed by atoms with Gasteiger partial charge in [0.25, 0.3) is 0 Å². The largest absolute Gasteiger partial charge is 0.347 e. The maximum atomic E-state index is 5.67. The first-order chi connectivity index (χ1) is 5.71. The third-order valence-corrected chi connectivity index (χ3v) is 2.69. The molecule has 3 heteroatoms. The number of ether oxygens (including phenoxy) is 1. The predicted molar refractivity (Wildman–Crippen MR) is 48.5 cm³/mol. The van der Waals surface area contributed by atoms with Crippen LogP contribution in [0.4, 0.5) is 0 Å². The lowest BCUT2D eigenvalue weighted by atomic mass is 10.1. The molecule has 0 saturated carbocycles. The van der Waals surface area contributed by atoms with Crippen LogP contribution in [0.2, 0.25) is 0 Å². The maximum Gasteiger partial charge on any atom is 0.171 e. The molecule has 1 N–H and O–H groups in total. The summed E-state index contributed by atoms with van der Waals surface area (Å²) in [4.78, 5) is 4.53. The van der Waals surface area contributed by atoms with Gasteiger partial charge in [-0.1, -0.05) is 0 Å². The number of rotatable bonds is 1. The second-order valence-electron chi connectivity index (χ2n) is 3.84. The summed E-state index contributed by atoms with van der Waals surface area (Å²) in [6.45, 7) is 5.92. The molecule has 3 nitrogen and oxygen atoms in total. The molecule has 0 amide bonds. The Morgan fingerprint density at radius 1 is 1.67 bits per heavy atom. The number of nitrogens with zero attached hydrogens (tertiary/aromatic N) is 1. The van der Waals surface area contributed by atoms with Crippen molar-refractivity contribution in [1.29, 1.82) is 0 Å². The topological polar surface area (TPSA) is 33.6 Å². The highest BCUT2D eigenvalue weighted by molar-refractivity contribution is 5.84. The van der Waals surface area contributed by atoms with Crippen molar-refractivity contribution in [2.45, 2.75) is 38.5 Å². The standard InChI is InChI=1S/C9H16N2O/c1-7-6-12-9(2,11-7)8-4-3-5-10-8/h8,10H,3-6H2,1-2H3. The van der Waals surface area contributed by atoms with Gasteiger partial charge in [-0.2, -0.15) is 0 Å². The smallest absolute Gasteiger partial charge is 0.171 e. The van der Waals surface area contributed by atoms with Gasteiger partial charge < -0.3 is 10.1 Å². The molecule has 0 aromatic carbocycles. The lowest BCUT2D eigenvalue weighted by molar-refractivity contribution is -0.0106. The molecule has 0 spiro atoms. The zero-order chi connectivity index (χ0) is 8.60. The normalized spacial score (nSPS) is 41.8. The van der Waals surface area contributed by atoms with E-state index in [0.29, 0.717) is 12.6 Å². The first-order valence-electron chi connectivity index (χ1n) is 4.63. The first kappa shape index (κ1) is 8.20. The van der Waals surface area contributed by atoms with Crippen LogP contribution in [0.15, 0.2) is 4.99 Å². The predicted octanol–water partition coefficient (Wildman–Crippen LogP) is 0.946. The van der Waals surface area contributed by atoms with Gasteiger partial charge in [-0.05, 0) is 33.2 Å². The van der Waals surface area contributed by atoms with E-state index in [9.17, 15) is 0 Å². The molecular weight excluding hydrogens is 152 g/mol. The van der Waals surface area contributed by atoms with E-state index in [2.05, 4.69) is 17.2 Å². The molecule has 0 aromatic heterocycles. The van der Waals surface area contributed by atoms with Gasteiger partial charge in [0.15, 0.2) is 5.72 Å². The summed E-state index contributed by atoms with van der Waals surface area (Å²) in [5.74, 6) is 0. The molecule has 2 atom stereocenters.